The molecule has 0 saturated heterocycles. The van der Waals surface area contributed by atoms with Crippen molar-refractivity contribution in [3.63, 3.8) is 0 Å². The molecule has 0 aromatic carbocycles. The number of carbonyl (C=O) groups is 1. The van der Waals surface area contributed by atoms with E-state index in [0.29, 0.717) is 24.8 Å². The molecular formula is C25H28FN5O2. The van der Waals surface area contributed by atoms with Crippen LogP contribution < -0.4 is 11.1 Å². The van der Waals surface area contributed by atoms with Gasteiger partial charge in [-0.1, -0.05) is 13.0 Å². The van der Waals surface area contributed by atoms with Crippen LogP contribution in [0.2, 0.25) is 0 Å². The lowest BCUT2D eigenvalue weighted by Crippen LogP contribution is -2.35. The lowest BCUT2D eigenvalue weighted by Gasteiger charge is -2.39. The first-order valence-corrected chi connectivity index (χ1v) is 11.1. The number of nitrogens with zero attached hydrogens (tertiary/aromatic N) is 3. The Morgan fingerprint density at radius 1 is 1.27 bits per heavy atom. The smallest absolute Gasteiger partial charge is 0.170 e. The van der Waals surface area contributed by atoms with Crippen molar-refractivity contribution in [3.05, 3.63) is 65.5 Å². The third-order valence-electron chi connectivity index (χ3n) is 6.77. The van der Waals surface area contributed by atoms with Gasteiger partial charge in [-0.2, -0.15) is 0 Å². The zero-order valence-corrected chi connectivity index (χ0v) is 18.7. The van der Waals surface area contributed by atoms with E-state index in [9.17, 15) is 14.3 Å². The number of nitrogens with one attached hydrogen (secondary N) is 1. The number of rotatable bonds is 6. The van der Waals surface area contributed by atoms with E-state index in [1.807, 2.05) is 19.2 Å². The van der Waals surface area contributed by atoms with Crippen LogP contribution in [0.1, 0.15) is 47.3 Å². The van der Waals surface area contributed by atoms with Crippen molar-refractivity contribution in [1.82, 2.24) is 15.0 Å². The van der Waals surface area contributed by atoms with E-state index in [-0.39, 0.29) is 34.8 Å². The van der Waals surface area contributed by atoms with Gasteiger partial charge in [0.1, 0.15) is 11.4 Å². The average molecular weight is 450 g/mol. The molecule has 1 aliphatic carbocycles. The molecule has 0 aliphatic heterocycles. The number of anilines is 2. The Morgan fingerprint density at radius 3 is 2.85 bits per heavy atom. The molecule has 7 nitrogen and oxygen atoms in total. The first kappa shape index (κ1) is 22.8. The van der Waals surface area contributed by atoms with E-state index < -0.39 is 11.9 Å². The summed E-state index contributed by atoms with van der Waals surface area (Å²) in [4.78, 5) is 24.0. The zero-order valence-electron chi connectivity index (χ0n) is 18.7. The third-order valence-corrected chi connectivity index (χ3v) is 6.77. The molecule has 8 heteroatoms. The minimum atomic E-state index is -0.622. The molecule has 4 atom stereocenters. The SMILES string of the molecule is CNc1cnccc1C1CC(O)C(C)C(Cc2cccnc2-c2nc(C=O)c(N)cc2F)C1. The fourth-order valence-corrected chi connectivity index (χ4v) is 4.87. The highest BCUT2D eigenvalue weighted by Gasteiger charge is 2.36. The number of hydrogen-bond acceptors (Lipinski definition) is 7. The predicted molar refractivity (Wildman–Crippen MR) is 125 cm³/mol. The van der Waals surface area contributed by atoms with Gasteiger partial charge in [0.25, 0.3) is 0 Å². The second kappa shape index (κ2) is 9.62. The number of halogens is 1. The standard InChI is InChI=1S/C25H28FN5O2/c1-14-16(9-17(10-23(14)33)18-5-7-29-12-21(18)28-2)8-15-4-3-6-30-24(15)25-19(26)11-20(27)22(13-32)31-25/h3-7,11-14,16-17,23,28,33H,8-10,27H2,1-2H3. The summed E-state index contributed by atoms with van der Waals surface area (Å²) < 4.78 is 14.8. The van der Waals surface area contributed by atoms with Crippen molar-refractivity contribution in [3.8, 4) is 11.4 Å². The molecule has 1 saturated carbocycles. The number of hydrogen-bond donors (Lipinski definition) is 3. The fourth-order valence-electron chi connectivity index (χ4n) is 4.87. The molecule has 4 N–H and O–H groups in total. The Bertz CT molecular complexity index is 1160. The monoisotopic (exact) mass is 449 g/mol. The number of aliphatic hydroxyl groups excluding tert-OH is 1. The number of carbonyl (C=O) groups excluding carboxylic acids is 1. The molecule has 0 bridgehead atoms. The van der Waals surface area contributed by atoms with Crippen LogP contribution in [-0.2, 0) is 6.42 Å². The van der Waals surface area contributed by atoms with E-state index in [1.165, 1.54) is 0 Å². The number of aliphatic hydroxyl groups is 1. The first-order valence-electron chi connectivity index (χ1n) is 11.1. The van der Waals surface area contributed by atoms with E-state index in [2.05, 4.69) is 27.2 Å². The van der Waals surface area contributed by atoms with E-state index in [0.717, 1.165) is 29.3 Å². The summed E-state index contributed by atoms with van der Waals surface area (Å²) in [6.45, 7) is 2.06. The Morgan fingerprint density at radius 2 is 2.09 bits per heavy atom. The molecule has 3 aromatic rings. The van der Waals surface area contributed by atoms with Crippen molar-refractivity contribution >= 4 is 17.7 Å². The Hall–Kier alpha value is -3.39. The summed E-state index contributed by atoms with van der Waals surface area (Å²) >= 11 is 0. The van der Waals surface area contributed by atoms with Crippen molar-refractivity contribution < 1.29 is 14.3 Å². The number of nitrogen functional groups attached to an aromatic ring is 1. The van der Waals surface area contributed by atoms with Crippen LogP contribution in [0.15, 0.2) is 42.9 Å². The van der Waals surface area contributed by atoms with Crippen LogP contribution in [0.3, 0.4) is 0 Å². The number of aromatic nitrogens is 3. The molecule has 1 aliphatic rings. The molecule has 33 heavy (non-hydrogen) atoms. The van der Waals surface area contributed by atoms with Gasteiger partial charge in [-0.3, -0.25) is 14.8 Å². The molecule has 3 heterocycles. The van der Waals surface area contributed by atoms with Crippen molar-refractivity contribution in [1.29, 1.82) is 0 Å². The molecule has 4 rings (SSSR count). The second-order valence-electron chi connectivity index (χ2n) is 8.69. The largest absolute Gasteiger partial charge is 0.397 e. The Kier molecular flexibility index (Phi) is 6.65. The summed E-state index contributed by atoms with van der Waals surface area (Å²) in [5.74, 6) is -0.256. The van der Waals surface area contributed by atoms with Crippen LogP contribution in [0, 0.1) is 17.7 Å². The van der Waals surface area contributed by atoms with Gasteiger partial charge in [-0.15, -0.1) is 0 Å². The molecule has 0 spiro atoms. The summed E-state index contributed by atoms with van der Waals surface area (Å²) in [5.41, 5.74) is 9.00. The lowest BCUT2D eigenvalue weighted by atomic mass is 9.69. The highest BCUT2D eigenvalue weighted by Crippen LogP contribution is 2.43. The molecular weight excluding hydrogens is 421 g/mol. The molecule has 1 fully saturated rings. The molecule has 3 aromatic heterocycles. The van der Waals surface area contributed by atoms with Gasteiger partial charge in [0, 0.05) is 25.5 Å². The van der Waals surface area contributed by atoms with Gasteiger partial charge in [0.05, 0.1) is 29.4 Å². The fraction of sp³-hybridized carbons (Fsp3) is 0.360. The molecule has 0 amide bonds. The van der Waals surface area contributed by atoms with Crippen molar-refractivity contribution in [2.75, 3.05) is 18.1 Å². The first-order chi connectivity index (χ1) is 15.9. The van der Waals surface area contributed by atoms with Gasteiger partial charge >= 0.3 is 0 Å². The molecule has 172 valence electrons. The van der Waals surface area contributed by atoms with E-state index >= 15 is 0 Å². The van der Waals surface area contributed by atoms with E-state index in [4.69, 9.17) is 5.73 Å². The van der Waals surface area contributed by atoms with Gasteiger partial charge < -0.3 is 16.2 Å². The Balaban J connectivity index is 1.67. The summed E-state index contributed by atoms with van der Waals surface area (Å²) in [5, 5.41) is 14.1. The van der Waals surface area contributed by atoms with Crippen LogP contribution in [-0.4, -0.2) is 39.5 Å². The van der Waals surface area contributed by atoms with Crippen LogP contribution >= 0.6 is 0 Å². The Labute approximate surface area is 192 Å². The minimum absolute atomic E-state index is 0.00622. The highest BCUT2D eigenvalue weighted by molar-refractivity contribution is 5.82. The van der Waals surface area contributed by atoms with Crippen LogP contribution in [0.5, 0.6) is 0 Å². The predicted octanol–water partition coefficient (Wildman–Crippen LogP) is 3.85. The lowest BCUT2D eigenvalue weighted by molar-refractivity contribution is 0.0325. The summed E-state index contributed by atoms with van der Waals surface area (Å²) in [7, 11) is 1.86. The molecule has 0 radical (unpaired) electrons. The normalized spacial score (nSPS) is 22.7. The topological polar surface area (TPSA) is 114 Å². The number of nitrogens with two attached hydrogens (primary N) is 1. The summed E-state index contributed by atoms with van der Waals surface area (Å²) in [6, 6.07) is 6.81. The third kappa shape index (κ3) is 4.57. The van der Waals surface area contributed by atoms with Crippen molar-refractivity contribution in [2.24, 2.45) is 11.8 Å². The average Bonchev–Trinajstić information content (AvgIpc) is 2.82. The minimum Gasteiger partial charge on any atom is -0.397 e. The van der Waals surface area contributed by atoms with Gasteiger partial charge in [0.2, 0.25) is 0 Å². The maximum atomic E-state index is 14.8. The van der Waals surface area contributed by atoms with E-state index in [1.54, 1.807) is 24.7 Å². The quantitative estimate of drug-likeness (QED) is 0.490. The van der Waals surface area contributed by atoms with Gasteiger partial charge in [-0.05, 0) is 60.3 Å². The number of pyridine rings is 3. The maximum absolute atomic E-state index is 14.8. The van der Waals surface area contributed by atoms with Gasteiger partial charge in [-0.25, -0.2) is 9.37 Å². The highest BCUT2D eigenvalue weighted by atomic mass is 19.1. The van der Waals surface area contributed by atoms with Crippen molar-refractivity contribution in [2.45, 2.75) is 38.2 Å². The second-order valence-corrected chi connectivity index (χ2v) is 8.69. The van der Waals surface area contributed by atoms with Gasteiger partial charge in [0.15, 0.2) is 12.1 Å². The van der Waals surface area contributed by atoms with Crippen LogP contribution in [0.4, 0.5) is 15.8 Å². The summed E-state index contributed by atoms with van der Waals surface area (Å²) in [6.07, 6.45) is 7.34. The zero-order chi connectivity index (χ0) is 23.5. The van der Waals surface area contributed by atoms with Crippen LogP contribution in [0.25, 0.3) is 11.4 Å². The molecule has 4 unspecified atom stereocenters. The maximum Gasteiger partial charge on any atom is 0.170 e. The number of aldehydes is 1.